The standard InChI is InChI=1S/C13H23NO4/c1-12(2,3)18-11(17)14-9(10(15)16)8-6-13(4,5)7-8/h8-9H,6-7H2,1-5H3,(H,14,17)(H,15,16)/t9-/m1/s1. The second-order valence-electron chi connectivity index (χ2n) is 6.79. The number of carboxylic acid groups (broad SMARTS) is 1. The molecule has 2 N–H and O–H groups in total. The third kappa shape index (κ3) is 4.20. The van der Waals surface area contributed by atoms with E-state index in [1.165, 1.54) is 0 Å². The first kappa shape index (κ1) is 14.8. The Kier molecular flexibility index (Phi) is 3.93. The third-order valence-electron chi connectivity index (χ3n) is 3.04. The van der Waals surface area contributed by atoms with Crippen LogP contribution in [0.3, 0.4) is 0 Å². The van der Waals surface area contributed by atoms with Crippen molar-refractivity contribution in [3.8, 4) is 0 Å². The van der Waals surface area contributed by atoms with Gasteiger partial charge in [0.25, 0.3) is 0 Å². The lowest BCUT2D eigenvalue weighted by Gasteiger charge is -2.45. The Balaban J connectivity index is 2.55. The molecule has 0 aromatic heterocycles. The smallest absolute Gasteiger partial charge is 0.408 e. The van der Waals surface area contributed by atoms with Crippen molar-refractivity contribution >= 4 is 12.1 Å². The van der Waals surface area contributed by atoms with E-state index in [1.807, 2.05) is 0 Å². The molecule has 1 aliphatic carbocycles. The van der Waals surface area contributed by atoms with Gasteiger partial charge in [-0.3, -0.25) is 0 Å². The van der Waals surface area contributed by atoms with E-state index in [-0.39, 0.29) is 11.3 Å². The molecule has 1 aliphatic rings. The fourth-order valence-electron chi connectivity index (χ4n) is 2.41. The molecule has 5 nitrogen and oxygen atoms in total. The SMILES string of the molecule is CC1(C)CC([C@@H](NC(=O)OC(C)(C)C)C(=O)O)C1. The van der Waals surface area contributed by atoms with Gasteiger partial charge in [0.15, 0.2) is 0 Å². The highest BCUT2D eigenvalue weighted by Crippen LogP contribution is 2.46. The molecular formula is C13H23NO4. The first-order chi connectivity index (χ1) is 8.00. The molecule has 18 heavy (non-hydrogen) atoms. The van der Waals surface area contributed by atoms with Crippen molar-refractivity contribution in [3.63, 3.8) is 0 Å². The van der Waals surface area contributed by atoms with Crippen LogP contribution in [0.15, 0.2) is 0 Å². The largest absolute Gasteiger partial charge is 0.480 e. The number of rotatable bonds is 3. The number of carboxylic acids is 1. The zero-order valence-corrected chi connectivity index (χ0v) is 11.7. The summed E-state index contributed by atoms with van der Waals surface area (Å²) in [5, 5.41) is 11.6. The highest BCUT2D eigenvalue weighted by Gasteiger charge is 2.44. The molecule has 0 heterocycles. The summed E-state index contributed by atoms with van der Waals surface area (Å²) in [6.45, 7) is 9.42. The molecule has 1 saturated carbocycles. The van der Waals surface area contributed by atoms with E-state index in [4.69, 9.17) is 9.84 Å². The predicted molar refractivity (Wildman–Crippen MR) is 67.3 cm³/mol. The first-order valence-corrected chi connectivity index (χ1v) is 6.22. The van der Waals surface area contributed by atoms with Gasteiger partial charge in [0.05, 0.1) is 0 Å². The third-order valence-corrected chi connectivity index (χ3v) is 3.04. The molecule has 5 heteroatoms. The van der Waals surface area contributed by atoms with Gasteiger partial charge in [0.1, 0.15) is 11.6 Å². The van der Waals surface area contributed by atoms with Gasteiger partial charge >= 0.3 is 12.1 Å². The summed E-state index contributed by atoms with van der Waals surface area (Å²) in [5.41, 5.74) is -0.444. The normalized spacial score (nSPS) is 20.7. The van der Waals surface area contributed by atoms with Crippen molar-refractivity contribution in [2.24, 2.45) is 11.3 Å². The summed E-state index contributed by atoms with van der Waals surface area (Å²) in [7, 11) is 0. The van der Waals surface area contributed by atoms with Crippen LogP contribution >= 0.6 is 0 Å². The van der Waals surface area contributed by atoms with Gasteiger partial charge in [-0.15, -0.1) is 0 Å². The number of ether oxygens (including phenoxy) is 1. The van der Waals surface area contributed by atoms with Crippen molar-refractivity contribution in [2.45, 2.75) is 59.1 Å². The highest BCUT2D eigenvalue weighted by molar-refractivity contribution is 5.80. The van der Waals surface area contributed by atoms with Gasteiger partial charge in [-0.05, 0) is 44.9 Å². The lowest BCUT2D eigenvalue weighted by Crippen LogP contribution is -2.53. The summed E-state index contributed by atoms with van der Waals surface area (Å²) in [6.07, 6.45) is 0.944. The Morgan fingerprint density at radius 2 is 1.83 bits per heavy atom. The minimum Gasteiger partial charge on any atom is -0.480 e. The van der Waals surface area contributed by atoms with Gasteiger partial charge in [-0.1, -0.05) is 13.8 Å². The van der Waals surface area contributed by atoms with E-state index in [0.29, 0.717) is 0 Å². The van der Waals surface area contributed by atoms with Crippen LogP contribution in [-0.4, -0.2) is 28.8 Å². The fourth-order valence-corrected chi connectivity index (χ4v) is 2.41. The molecule has 0 aromatic rings. The molecule has 1 fully saturated rings. The molecular weight excluding hydrogens is 234 g/mol. The molecule has 0 saturated heterocycles. The number of hydrogen-bond donors (Lipinski definition) is 2. The molecule has 0 spiro atoms. The number of carbonyl (C=O) groups excluding carboxylic acids is 1. The summed E-state index contributed by atoms with van der Waals surface area (Å²) in [4.78, 5) is 22.8. The van der Waals surface area contributed by atoms with Crippen LogP contribution < -0.4 is 5.32 Å². The molecule has 0 aromatic carbocycles. The molecule has 1 atom stereocenters. The fraction of sp³-hybridized carbons (Fsp3) is 0.846. The quantitative estimate of drug-likeness (QED) is 0.814. The van der Waals surface area contributed by atoms with E-state index in [1.54, 1.807) is 20.8 Å². The van der Waals surface area contributed by atoms with Gasteiger partial charge in [-0.25, -0.2) is 9.59 Å². The van der Waals surface area contributed by atoms with Gasteiger partial charge in [0, 0.05) is 0 Å². The average molecular weight is 257 g/mol. The lowest BCUT2D eigenvalue weighted by atomic mass is 9.62. The van der Waals surface area contributed by atoms with Crippen molar-refractivity contribution in [1.82, 2.24) is 5.32 Å². The van der Waals surface area contributed by atoms with Crippen LogP contribution in [0, 0.1) is 11.3 Å². The number of alkyl carbamates (subject to hydrolysis) is 1. The van der Waals surface area contributed by atoms with Gasteiger partial charge in [-0.2, -0.15) is 0 Å². The second-order valence-corrected chi connectivity index (χ2v) is 6.79. The summed E-state index contributed by atoms with van der Waals surface area (Å²) < 4.78 is 5.08. The average Bonchev–Trinajstić information content (AvgIpc) is 2.06. The number of aliphatic carboxylic acids is 1. The molecule has 0 bridgehead atoms. The van der Waals surface area contributed by atoms with Crippen LogP contribution in [0.25, 0.3) is 0 Å². The summed E-state index contributed by atoms with van der Waals surface area (Å²) in [5.74, 6) is -1.01. The Morgan fingerprint density at radius 3 is 2.17 bits per heavy atom. The maximum absolute atomic E-state index is 11.6. The first-order valence-electron chi connectivity index (χ1n) is 6.22. The van der Waals surface area contributed by atoms with E-state index in [0.717, 1.165) is 12.8 Å². The predicted octanol–water partition coefficient (Wildman–Crippen LogP) is 2.40. The van der Waals surface area contributed by atoms with Gasteiger partial charge in [0.2, 0.25) is 0 Å². The highest BCUT2D eigenvalue weighted by atomic mass is 16.6. The van der Waals surface area contributed by atoms with E-state index < -0.39 is 23.7 Å². The molecule has 1 rings (SSSR count). The zero-order valence-electron chi connectivity index (χ0n) is 11.7. The summed E-state index contributed by atoms with van der Waals surface area (Å²) >= 11 is 0. The Labute approximate surface area is 108 Å². The van der Waals surface area contributed by atoms with Gasteiger partial charge < -0.3 is 15.2 Å². The van der Waals surface area contributed by atoms with Crippen LogP contribution in [0.5, 0.6) is 0 Å². The zero-order chi connectivity index (χ0) is 14.1. The lowest BCUT2D eigenvalue weighted by molar-refractivity contribution is -0.143. The Morgan fingerprint density at radius 1 is 1.33 bits per heavy atom. The molecule has 1 amide bonds. The van der Waals surface area contributed by atoms with E-state index >= 15 is 0 Å². The topological polar surface area (TPSA) is 75.6 Å². The Hall–Kier alpha value is -1.26. The molecule has 0 unspecified atom stereocenters. The minimum absolute atomic E-state index is 0.00924. The van der Waals surface area contributed by atoms with Crippen LogP contribution in [0.1, 0.15) is 47.5 Å². The number of carbonyl (C=O) groups is 2. The minimum atomic E-state index is -0.999. The molecule has 0 aliphatic heterocycles. The van der Waals surface area contributed by atoms with Crippen LogP contribution in [0.2, 0.25) is 0 Å². The van der Waals surface area contributed by atoms with Crippen molar-refractivity contribution in [2.75, 3.05) is 0 Å². The second kappa shape index (κ2) is 4.78. The Bertz CT molecular complexity index is 335. The van der Waals surface area contributed by atoms with Crippen molar-refractivity contribution < 1.29 is 19.4 Å². The molecule has 0 radical (unpaired) electrons. The van der Waals surface area contributed by atoms with Crippen molar-refractivity contribution in [1.29, 1.82) is 0 Å². The van der Waals surface area contributed by atoms with Crippen molar-refractivity contribution in [3.05, 3.63) is 0 Å². The van der Waals surface area contributed by atoms with E-state index in [2.05, 4.69) is 19.2 Å². The summed E-state index contributed by atoms with van der Waals surface area (Å²) in [6, 6.07) is -0.854. The van der Waals surface area contributed by atoms with E-state index in [9.17, 15) is 9.59 Å². The number of nitrogens with one attached hydrogen (secondary N) is 1. The number of amides is 1. The maximum atomic E-state index is 11.6. The maximum Gasteiger partial charge on any atom is 0.408 e. The number of hydrogen-bond acceptors (Lipinski definition) is 3. The monoisotopic (exact) mass is 257 g/mol. The molecule has 104 valence electrons. The van der Waals surface area contributed by atoms with Crippen LogP contribution in [0.4, 0.5) is 4.79 Å². The van der Waals surface area contributed by atoms with Crippen LogP contribution in [-0.2, 0) is 9.53 Å².